The minimum atomic E-state index is -0.151. The molecule has 1 saturated carbocycles. The number of aliphatic hydroxyl groups is 1. The number of hydrogen-bond donors (Lipinski definition) is 2. The van der Waals surface area contributed by atoms with E-state index in [0.29, 0.717) is 0 Å². The van der Waals surface area contributed by atoms with Crippen LogP contribution >= 0.6 is 11.3 Å². The van der Waals surface area contributed by atoms with Crippen LogP contribution in [0.25, 0.3) is 0 Å². The summed E-state index contributed by atoms with van der Waals surface area (Å²) in [5, 5.41) is 13.4. The summed E-state index contributed by atoms with van der Waals surface area (Å²) in [5.74, 6) is 0.911. The van der Waals surface area contributed by atoms with E-state index in [0.717, 1.165) is 31.0 Å². The van der Waals surface area contributed by atoms with Crippen LogP contribution in [-0.4, -0.2) is 36.2 Å². The number of nitrogens with one attached hydrogen (secondary N) is 1. The van der Waals surface area contributed by atoms with Crippen molar-refractivity contribution < 1.29 is 9.50 Å². The summed E-state index contributed by atoms with van der Waals surface area (Å²) in [5.41, 5.74) is 0.743. The quantitative estimate of drug-likeness (QED) is 0.705. The van der Waals surface area contributed by atoms with E-state index < -0.39 is 0 Å². The summed E-state index contributed by atoms with van der Waals surface area (Å²) in [6.45, 7) is 1.81. The lowest BCUT2D eigenvalue weighted by molar-refractivity contribution is 0.151. The number of likely N-dealkylation sites (N-methyl/N-ethyl adjacent to an activating group) is 1. The highest BCUT2D eigenvalue weighted by molar-refractivity contribution is 7.12. The van der Waals surface area contributed by atoms with Crippen molar-refractivity contribution in [3.63, 3.8) is 0 Å². The van der Waals surface area contributed by atoms with Crippen molar-refractivity contribution >= 4 is 11.3 Å². The van der Waals surface area contributed by atoms with E-state index in [9.17, 15) is 9.50 Å². The molecule has 3 nitrogen and oxygen atoms in total. The summed E-state index contributed by atoms with van der Waals surface area (Å²) in [6, 6.07) is 11.7. The van der Waals surface area contributed by atoms with E-state index in [2.05, 4.69) is 22.3 Å². The molecule has 0 bridgehead atoms. The molecule has 1 aliphatic carbocycles. The second-order valence-corrected chi connectivity index (χ2v) is 9.58. The van der Waals surface area contributed by atoms with Gasteiger partial charge in [0, 0.05) is 40.5 Å². The highest BCUT2D eigenvalue weighted by Gasteiger charge is 2.40. The molecule has 28 heavy (non-hydrogen) atoms. The number of benzene rings is 1. The second-order valence-electron chi connectivity index (χ2n) is 8.38. The first-order chi connectivity index (χ1) is 13.7. The van der Waals surface area contributed by atoms with Crippen molar-refractivity contribution in [2.45, 2.75) is 56.7 Å². The van der Waals surface area contributed by atoms with Gasteiger partial charge in [-0.1, -0.05) is 31.0 Å². The number of aliphatic hydroxyl groups excluding tert-OH is 1. The van der Waals surface area contributed by atoms with E-state index in [-0.39, 0.29) is 30.4 Å². The zero-order valence-electron chi connectivity index (χ0n) is 16.6. The zero-order chi connectivity index (χ0) is 19.5. The monoisotopic (exact) mass is 402 g/mol. The second kappa shape index (κ2) is 9.04. The molecule has 2 N–H and O–H groups in total. The van der Waals surface area contributed by atoms with Crippen molar-refractivity contribution in [1.82, 2.24) is 10.2 Å². The summed E-state index contributed by atoms with van der Waals surface area (Å²) < 4.78 is 14.4. The molecule has 2 aromatic rings. The Morgan fingerprint density at radius 3 is 2.71 bits per heavy atom. The third kappa shape index (κ3) is 4.18. The first kappa shape index (κ1) is 20.0. The average Bonchev–Trinajstić information content (AvgIpc) is 3.43. The van der Waals surface area contributed by atoms with Crippen LogP contribution in [0.3, 0.4) is 0 Å². The lowest BCUT2D eigenvalue weighted by Gasteiger charge is -2.28. The fourth-order valence-electron chi connectivity index (χ4n) is 5.09. The van der Waals surface area contributed by atoms with Crippen molar-refractivity contribution in [2.75, 3.05) is 20.2 Å². The van der Waals surface area contributed by atoms with Gasteiger partial charge in [-0.2, -0.15) is 0 Å². The van der Waals surface area contributed by atoms with E-state index in [4.69, 9.17) is 0 Å². The lowest BCUT2D eigenvalue weighted by atomic mass is 9.92. The first-order valence-electron chi connectivity index (χ1n) is 10.5. The molecule has 3 atom stereocenters. The van der Waals surface area contributed by atoms with Gasteiger partial charge in [-0.05, 0) is 56.3 Å². The smallest absolute Gasteiger partial charge is 0.127 e. The van der Waals surface area contributed by atoms with E-state index in [1.165, 1.54) is 36.6 Å². The molecule has 0 amide bonds. The maximum absolute atomic E-state index is 14.4. The van der Waals surface area contributed by atoms with Crippen molar-refractivity contribution in [3.8, 4) is 0 Å². The van der Waals surface area contributed by atoms with Gasteiger partial charge in [0.25, 0.3) is 0 Å². The number of rotatable bonds is 7. The first-order valence-corrected chi connectivity index (χ1v) is 11.4. The lowest BCUT2D eigenvalue weighted by Crippen LogP contribution is -2.32. The van der Waals surface area contributed by atoms with Gasteiger partial charge in [-0.25, -0.2) is 4.39 Å². The van der Waals surface area contributed by atoms with E-state index in [1.807, 2.05) is 30.5 Å². The molecule has 1 saturated heterocycles. The van der Waals surface area contributed by atoms with E-state index in [1.54, 1.807) is 10.9 Å². The highest BCUT2D eigenvalue weighted by atomic mass is 32.1. The SMILES string of the molecule is CN1[C@H](CO)C[C@H](CNCc2ccc(C3CCCC3)s2)[C@@H]1c1ccccc1F. The molecule has 1 aromatic carbocycles. The molecular formula is C23H31FN2OS. The molecule has 4 rings (SSSR count). The molecule has 5 heteroatoms. The van der Waals surface area contributed by atoms with Crippen molar-refractivity contribution in [1.29, 1.82) is 0 Å². The Hall–Kier alpha value is -1.27. The number of likely N-dealkylation sites (tertiary alicyclic amines) is 1. The molecule has 0 spiro atoms. The fraction of sp³-hybridized carbons (Fsp3) is 0.565. The number of halogens is 1. The zero-order valence-corrected chi connectivity index (χ0v) is 17.4. The number of nitrogens with zero attached hydrogens (tertiary/aromatic N) is 1. The summed E-state index contributed by atoms with van der Waals surface area (Å²) >= 11 is 1.94. The largest absolute Gasteiger partial charge is 0.395 e. The number of thiophene rings is 1. The van der Waals surface area contributed by atoms with Gasteiger partial charge >= 0.3 is 0 Å². The van der Waals surface area contributed by atoms with Crippen LogP contribution in [0.4, 0.5) is 4.39 Å². The maximum atomic E-state index is 14.4. The Morgan fingerprint density at radius 2 is 1.96 bits per heavy atom. The Morgan fingerprint density at radius 1 is 1.18 bits per heavy atom. The highest BCUT2D eigenvalue weighted by Crippen LogP contribution is 2.41. The maximum Gasteiger partial charge on any atom is 0.127 e. The predicted octanol–water partition coefficient (Wildman–Crippen LogP) is 4.69. The molecule has 2 aliphatic rings. The third-order valence-electron chi connectivity index (χ3n) is 6.62. The van der Waals surface area contributed by atoms with Gasteiger partial charge in [-0.3, -0.25) is 4.90 Å². The standard InChI is InChI=1S/C23H31FN2OS/c1-26-18(15-27)12-17(23(26)20-8-4-5-9-21(20)24)13-25-14-19-10-11-22(28-19)16-6-2-3-7-16/h4-5,8-11,16-18,23,25,27H,2-3,6-7,12-15H2,1H3/t17-,18+,23-/m1/s1. The fourth-order valence-corrected chi connectivity index (χ4v) is 6.24. The molecule has 2 fully saturated rings. The molecule has 2 heterocycles. The molecule has 1 aliphatic heterocycles. The van der Waals surface area contributed by atoms with Gasteiger partial charge in [0.2, 0.25) is 0 Å². The van der Waals surface area contributed by atoms with Gasteiger partial charge in [-0.15, -0.1) is 11.3 Å². The van der Waals surface area contributed by atoms with Crippen LogP contribution in [0.15, 0.2) is 36.4 Å². The van der Waals surface area contributed by atoms with Crippen LogP contribution in [-0.2, 0) is 6.54 Å². The van der Waals surface area contributed by atoms with Gasteiger partial charge < -0.3 is 10.4 Å². The molecule has 0 radical (unpaired) electrons. The predicted molar refractivity (Wildman–Crippen MR) is 113 cm³/mol. The topological polar surface area (TPSA) is 35.5 Å². The van der Waals surface area contributed by atoms with E-state index >= 15 is 0 Å². The van der Waals surface area contributed by atoms with Crippen LogP contribution in [0.2, 0.25) is 0 Å². The molecule has 0 unspecified atom stereocenters. The van der Waals surface area contributed by atoms with Crippen LogP contribution in [0.5, 0.6) is 0 Å². The van der Waals surface area contributed by atoms with Gasteiger partial charge in [0.05, 0.1) is 6.61 Å². The third-order valence-corrected chi connectivity index (χ3v) is 7.86. The Kier molecular flexibility index (Phi) is 6.46. The molecule has 152 valence electrons. The van der Waals surface area contributed by atoms with Gasteiger partial charge in [0.15, 0.2) is 0 Å². The Balaban J connectivity index is 1.39. The number of hydrogen-bond acceptors (Lipinski definition) is 4. The van der Waals surface area contributed by atoms with Crippen LogP contribution < -0.4 is 5.32 Å². The average molecular weight is 403 g/mol. The minimum absolute atomic E-state index is 0.00300. The summed E-state index contributed by atoms with van der Waals surface area (Å²) in [7, 11) is 2.01. The Bertz CT molecular complexity index is 773. The Labute approximate surface area is 171 Å². The molecular weight excluding hydrogens is 371 g/mol. The normalized spacial score (nSPS) is 26.3. The minimum Gasteiger partial charge on any atom is -0.395 e. The van der Waals surface area contributed by atoms with Crippen LogP contribution in [0, 0.1) is 11.7 Å². The van der Waals surface area contributed by atoms with Crippen molar-refractivity contribution in [3.05, 3.63) is 57.5 Å². The summed E-state index contributed by atoms with van der Waals surface area (Å²) in [6.07, 6.45) is 6.31. The van der Waals surface area contributed by atoms with Gasteiger partial charge in [0.1, 0.15) is 5.82 Å². The summed E-state index contributed by atoms with van der Waals surface area (Å²) in [4.78, 5) is 5.07. The van der Waals surface area contributed by atoms with Crippen LogP contribution in [0.1, 0.15) is 59.4 Å². The molecule has 1 aromatic heterocycles. The van der Waals surface area contributed by atoms with Crippen molar-refractivity contribution in [2.24, 2.45) is 5.92 Å².